The van der Waals surface area contributed by atoms with E-state index in [4.69, 9.17) is 9.26 Å². The molecule has 7 heteroatoms. The van der Waals surface area contributed by atoms with Crippen molar-refractivity contribution >= 4 is 11.7 Å². The third kappa shape index (κ3) is 5.57. The first kappa shape index (κ1) is 18.4. The lowest BCUT2D eigenvalue weighted by Gasteiger charge is -2.17. The van der Waals surface area contributed by atoms with Gasteiger partial charge in [0, 0.05) is 25.7 Å². The summed E-state index contributed by atoms with van der Waals surface area (Å²) in [5, 5.41) is 6.80. The fourth-order valence-corrected chi connectivity index (χ4v) is 2.42. The van der Waals surface area contributed by atoms with Gasteiger partial charge in [0.15, 0.2) is 12.4 Å². The quantitative estimate of drug-likeness (QED) is 0.690. The van der Waals surface area contributed by atoms with Crippen LogP contribution in [-0.2, 0) is 13.0 Å². The number of urea groups is 1. The van der Waals surface area contributed by atoms with E-state index in [0.29, 0.717) is 24.7 Å². The molecule has 0 atom stereocenters. The lowest BCUT2D eigenvalue weighted by Crippen LogP contribution is -2.33. The number of ether oxygens (including phenoxy) is 1. The number of anilines is 1. The second-order valence-electron chi connectivity index (χ2n) is 6.18. The van der Waals surface area contributed by atoms with Crippen LogP contribution in [0.2, 0.25) is 0 Å². The predicted molar refractivity (Wildman–Crippen MR) is 102 cm³/mol. The molecule has 3 aromatic rings. The largest absolute Gasteiger partial charge is 0.484 e. The van der Waals surface area contributed by atoms with Gasteiger partial charge in [-0.2, -0.15) is 4.98 Å². The molecule has 0 aliphatic rings. The van der Waals surface area contributed by atoms with Crippen molar-refractivity contribution in [2.45, 2.75) is 20.0 Å². The average molecular weight is 366 g/mol. The Morgan fingerprint density at radius 2 is 2.00 bits per heavy atom. The Balaban J connectivity index is 1.45. The molecule has 27 heavy (non-hydrogen) atoms. The minimum absolute atomic E-state index is 0.184. The smallest absolute Gasteiger partial charge is 0.321 e. The number of hydrogen-bond donors (Lipinski definition) is 1. The minimum atomic E-state index is -0.184. The number of likely N-dealkylation sites (N-methyl/N-ethyl adjacent to an activating group) is 1. The molecule has 0 saturated heterocycles. The van der Waals surface area contributed by atoms with Crippen molar-refractivity contribution in [2.75, 3.05) is 18.9 Å². The Morgan fingerprint density at radius 3 is 2.78 bits per heavy atom. The summed E-state index contributed by atoms with van der Waals surface area (Å²) in [4.78, 5) is 18.1. The standard InChI is InChI=1S/C20H22N4O3/c1-15-7-6-8-16(13-15)21-20(25)24(2)12-11-18-22-19(27-23-18)14-26-17-9-4-3-5-10-17/h3-10,13H,11-12,14H2,1-2H3,(H,21,25). The Hall–Kier alpha value is -3.35. The molecule has 0 aliphatic heterocycles. The van der Waals surface area contributed by atoms with Crippen molar-refractivity contribution in [1.82, 2.24) is 15.0 Å². The van der Waals surface area contributed by atoms with Crippen LogP contribution in [0.1, 0.15) is 17.3 Å². The van der Waals surface area contributed by atoms with Crippen molar-refractivity contribution in [2.24, 2.45) is 0 Å². The summed E-state index contributed by atoms with van der Waals surface area (Å²) in [6.45, 7) is 2.66. The number of carbonyl (C=O) groups is 1. The van der Waals surface area contributed by atoms with Crippen LogP contribution in [0.4, 0.5) is 10.5 Å². The predicted octanol–water partition coefficient (Wildman–Crippen LogP) is 3.66. The normalized spacial score (nSPS) is 10.4. The van der Waals surface area contributed by atoms with Crippen molar-refractivity contribution in [3.8, 4) is 5.75 Å². The summed E-state index contributed by atoms with van der Waals surface area (Å²) < 4.78 is 10.8. The number of hydrogen-bond acceptors (Lipinski definition) is 5. The number of rotatable bonds is 7. The summed E-state index contributed by atoms with van der Waals surface area (Å²) in [6.07, 6.45) is 0.493. The molecule has 3 rings (SSSR count). The van der Waals surface area contributed by atoms with E-state index in [2.05, 4.69) is 15.5 Å². The van der Waals surface area contributed by atoms with E-state index in [9.17, 15) is 4.79 Å². The average Bonchev–Trinajstić information content (AvgIpc) is 3.13. The molecule has 0 bridgehead atoms. The van der Waals surface area contributed by atoms with Crippen molar-refractivity contribution < 1.29 is 14.1 Å². The molecule has 2 aromatic carbocycles. The van der Waals surface area contributed by atoms with Crippen molar-refractivity contribution in [3.05, 3.63) is 71.9 Å². The zero-order chi connectivity index (χ0) is 19.1. The first-order chi connectivity index (χ1) is 13.1. The van der Waals surface area contributed by atoms with Crippen molar-refractivity contribution in [1.29, 1.82) is 0 Å². The molecular weight excluding hydrogens is 344 g/mol. The Labute approximate surface area is 158 Å². The van der Waals surface area contributed by atoms with Crippen LogP contribution in [0.25, 0.3) is 0 Å². The highest BCUT2D eigenvalue weighted by molar-refractivity contribution is 5.89. The van der Waals surface area contributed by atoms with Gasteiger partial charge in [-0.25, -0.2) is 4.79 Å². The highest BCUT2D eigenvalue weighted by Crippen LogP contribution is 2.12. The molecule has 1 heterocycles. The van der Waals surface area contributed by atoms with Crippen molar-refractivity contribution in [3.63, 3.8) is 0 Å². The highest BCUT2D eigenvalue weighted by atomic mass is 16.5. The molecule has 7 nitrogen and oxygen atoms in total. The molecule has 0 aliphatic carbocycles. The molecule has 0 spiro atoms. The van der Waals surface area contributed by atoms with Gasteiger partial charge in [0.1, 0.15) is 5.75 Å². The van der Waals surface area contributed by atoms with E-state index < -0.39 is 0 Å². The molecule has 0 unspecified atom stereocenters. The van der Waals surface area contributed by atoms with Gasteiger partial charge in [-0.15, -0.1) is 0 Å². The van der Waals surface area contributed by atoms with Gasteiger partial charge in [0.2, 0.25) is 0 Å². The number of para-hydroxylation sites is 1. The van der Waals surface area contributed by atoms with Crippen LogP contribution in [0.5, 0.6) is 5.75 Å². The molecule has 0 radical (unpaired) electrons. The van der Waals surface area contributed by atoms with Crippen LogP contribution < -0.4 is 10.1 Å². The van der Waals surface area contributed by atoms with E-state index in [0.717, 1.165) is 17.0 Å². The van der Waals surface area contributed by atoms with E-state index in [-0.39, 0.29) is 12.6 Å². The summed E-state index contributed by atoms with van der Waals surface area (Å²) in [5.74, 6) is 1.68. The van der Waals surface area contributed by atoms with Gasteiger partial charge in [-0.3, -0.25) is 0 Å². The number of aromatic nitrogens is 2. The molecule has 2 amide bonds. The molecule has 1 aromatic heterocycles. The second-order valence-corrected chi connectivity index (χ2v) is 6.18. The Bertz CT molecular complexity index is 880. The monoisotopic (exact) mass is 366 g/mol. The first-order valence-electron chi connectivity index (χ1n) is 8.68. The fraction of sp³-hybridized carbons (Fsp3) is 0.250. The molecule has 140 valence electrons. The number of amides is 2. The zero-order valence-corrected chi connectivity index (χ0v) is 15.4. The maximum absolute atomic E-state index is 12.2. The van der Waals surface area contributed by atoms with Gasteiger partial charge in [-0.1, -0.05) is 35.5 Å². The van der Waals surface area contributed by atoms with E-state index >= 15 is 0 Å². The number of benzene rings is 2. The second kappa shape index (κ2) is 8.84. The number of carbonyl (C=O) groups excluding carboxylic acids is 1. The summed E-state index contributed by atoms with van der Waals surface area (Å²) >= 11 is 0. The SMILES string of the molecule is Cc1cccc(NC(=O)N(C)CCc2noc(COc3ccccc3)n2)c1. The fourth-order valence-electron chi connectivity index (χ4n) is 2.42. The third-order valence-corrected chi connectivity index (χ3v) is 3.90. The van der Waals surface area contributed by atoms with Gasteiger partial charge in [0.25, 0.3) is 5.89 Å². The topological polar surface area (TPSA) is 80.5 Å². The van der Waals surface area contributed by atoms with Gasteiger partial charge in [0.05, 0.1) is 0 Å². The van der Waals surface area contributed by atoms with E-state index in [1.165, 1.54) is 0 Å². The summed E-state index contributed by atoms with van der Waals surface area (Å²) in [6, 6.07) is 16.9. The minimum Gasteiger partial charge on any atom is -0.484 e. The van der Waals surface area contributed by atoms with Gasteiger partial charge in [-0.05, 0) is 36.8 Å². The molecule has 0 fully saturated rings. The van der Waals surface area contributed by atoms with Gasteiger partial charge < -0.3 is 19.5 Å². The Morgan fingerprint density at radius 1 is 1.19 bits per heavy atom. The van der Waals surface area contributed by atoms with E-state index in [1.807, 2.05) is 61.5 Å². The molecule has 1 N–H and O–H groups in total. The summed E-state index contributed by atoms with van der Waals surface area (Å²) in [5.41, 5.74) is 1.86. The lowest BCUT2D eigenvalue weighted by atomic mass is 10.2. The van der Waals surface area contributed by atoms with Crippen LogP contribution in [0.15, 0.2) is 59.1 Å². The zero-order valence-electron chi connectivity index (χ0n) is 15.4. The Kier molecular flexibility index (Phi) is 6.04. The number of aryl methyl sites for hydroxylation is 1. The van der Waals surface area contributed by atoms with Crippen LogP contribution >= 0.6 is 0 Å². The molecular formula is C20H22N4O3. The maximum Gasteiger partial charge on any atom is 0.321 e. The molecule has 0 saturated carbocycles. The van der Waals surface area contributed by atoms with Crippen LogP contribution in [0.3, 0.4) is 0 Å². The third-order valence-electron chi connectivity index (χ3n) is 3.90. The lowest BCUT2D eigenvalue weighted by molar-refractivity contribution is 0.222. The van der Waals surface area contributed by atoms with Crippen LogP contribution in [0, 0.1) is 6.92 Å². The number of nitrogens with one attached hydrogen (secondary N) is 1. The maximum atomic E-state index is 12.2. The van der Waals surface area contributed by atoms with E-state index in [1.54, 1.807) is 11.9 Å². The first-order valence-corrected chi connectivity index (χ1v) is 8.68. The highest BCUT2D eigenvalue weighted by Gasteiger charge is 2.12. The number of nitrogens with zero attached hydrogens (tertiary/aromatic N) is 3. The summed E-state index contributed by atoms with van der Waals surface area (Å²) in [7, 11) is 1.73. The van der Waals surface area contributed by atoms with Crippen LogP contribution in [-0.4, -0.2) is 34.7 Å². The van der Waals surface area contributed by atoms with Gasteiger partial charge >= 0.3 is 6.03 Å².